The van der Waals surface area contributed by atoms with Crippen molar-refractivity contribution in [1.29, 1.82) is 0 Å². The molecule has 0 aromatic carbocycles. The Balaban J connectivity index is 0. The fourth-order valence-electron chi connectivity index (χ4n) is 0. The minimum Gasteiger partial charge on any atom is -0.300 e. The van der Waals surface area contributed by atoms with Crippen LogP contribution < -0.4 is 0 Å². The molecule has 0 aliphatic rings. The molecule has 3 heteroatoms. The Kier molecular flexibility index (Phi) is 9.42. The average Bonchev–Trinajstić information content (AvgIpc) is 1.89. The van der Waals surface area contributed by atoms with Gasteiger partial charge in [-0.3, -0.25) is 9.59 Å². The van der Waals surface area contributed by atoms with Gasteiger partial charge in [-0.25, -0.2) is 0 Å². The summed E-state index contributed by atoms with van der Waals surface area (Å²) in [7, 11) is 0. The summed E-state index contributed by atoms with van der Waals surface area (Å²) in [6.45, 7) is 4.65. The van der Waals surface area contributed by atoms with Crippen molar-refractivity contribution in [2.75, 3.05) is 0 Å². The Bertz CT molecular complexity index is 127. The van der Waals surface area contributed by atoms with Gasteiger partial charge in [-0.05, 0) is 6.92 Å². The lowest BCUT2D eigenvalue weighted by Gasteiger charge is -1.71. The first-order chi connectivity index (χ1) is 4.54. The van der Waals surface area contributed by atoms with Crippen LogP contribution in [0.1, 0.15) is 27.2 Å². The summed E-state index contributed by atoms with van der Waals surface area (Å²) < 4.78 is 0. The van der Waals surface area contributed by atoms with Crippen molar-refractivity contribution in [3.8, 4) is 0 Å². The fraction of sp³-hybridized carbons (Fsp3) is 0.571. The van der Waals surface area contributed by atoms with Gasteiger partial charge in [0.2, 0.25) is 0 Å². The molecule has 0 rings (SSSR count). The molecule has 0 amide bonds. The Morgan fingerprint density at radius 1 is 1.30 bits per heavy atom. The highest BCUT2D eigenvalue weighted by Crippen LogP contribution is 1.71. The maximum absolute atomic E-state index is 9.81. The Hall–Kier alpha value is -0.990. The molecule has 0 aromatic rings. The number of hydrogen-bond acceptors (Lipinski definition) is 3. The number of carbonyl (C=O) groups is 3. The highest BCUT2D eigenvalue weighted by atomic mass is 16.2. The minimum atomic E-state index is -0.426. The number of ketones is 2. The molecule has 0 aromatic heterocycles. The zero-order valence-corrected chi connectivity index (χ0v) is 6.51. The number of carbonyl (C=O) groups excluding carboxylic acids is 3. The minimum absolute atomic E-state index is 0.255. The fourth-order valence-corrected chi connectivity index (χ4v) is 0. The molecule has 0 aliphatic carbocycles. The van der Waals surface area contributed by atoms with Crippen molar-refractivity contribution in [3.63, 3.8) is 0 Å². The van der Waals surface area contributed by atoms with E-state index in [0.717, 1.165) is 0 Å². The molecule has 0 fully saturated rings. The van der Waals surface area contributed by atoms with Crippen molar-refractivity contribution in [2.24, 2.45) is 0 Å². The van der Waals surface area contributed by atoms with Gasteiger partial charge >= 0.3 is 0 Å². The topological polar surface area (TPSA) is 51.2 Å². The standard InChI is InChI=1S/C4H8O.C3H4O2/c1-3-4(2)5;1-3(5)2-4/h3H2,1-2H3;2H,1H3. The summed E-state index contributed by atoms with van der Waals surface area (Å²) in [5, 5.41) is 0. The van der Waals surface area contributed by atoms with E-state index in [4.69, 9.17) is 4.79 Å². The Morgan fingerprint density at radius 3 is 1.50 bits per heavy atom. The van der Waals surface area contributed by atoms with E-state index < -0.39 is 5.78 Å². The van der Waals surface area contributed by atoms with Crippen LogP contribution in [0.4, 0.5) is 0 Å². The molecule has 3 nitrogen and oxygen atoms in total. The quantitative estimate of drug-likeness (QED) is 0.424. The molecular weight excluding hydrogens is 132 g/mol. The van der Waals surface area contributed by atoms with E-state index in [1.165, 1.54) is 6.92 Å². The molecule has 0 saturated heterocycles. The summed E-state index contributed by atoms with van der Waals surface area (Å²) in [5.74, 6) is -0.171. The average molecular weight is 144 g/mol. The van der Waals surface area contributed by atoms with Crippen LogP contribution in [-0.2, 0) is 14.4 Å². The summed E-state index contributed by atoms with van der Waals surface area (Å²) in [6.07, 6.45) is 0.944. The second kappa shape index (κ2) is 8.01. The lowest BCUT2D eigenvalue weighted by atomic mass is 10.4. The van der Waals surface area contributed by atoms with Gasteiger partial charge in [0.1, 0.15) is 5.78 Å². The normalized spacial score (nSPS) is 7.10. The molecule has 0 heterocycles. The van der Waals surface area contributed by atoms with E-state index in [1.807, 2.05) is 6.92 Å². The second-order valence-corrected chi connectivity index (χ2v) is 1.78. The molecule has 58 valence electrons. The van der Waals surface area contributed by atoms with Gasteiger partial charge in [0.05, 0.1) is 0 Å². The van der Waals surface area contributed by atoms with Gasteiger partial charge < -0.3 is 4.79 Å². The summed E-state index contributed by atoms with van der Waals surface area (Å²) in [4.78, 5) is 28.4. The Labute approximate surface area is 60.4 Å². The molecule has 0 atom stereocenters. The molecular formula is C7H12O3. The molecule has 0 bridgehead atoms. The predicted molar refractivity (Wildman–Crippen MR) is 37.7 cm³/mol. The molecule has 0 N–H and O–H groups in total. The van der Waals surface area contributed by atoms with E-state index in [-0.39, 0.29) is 12.1 Å². The van der Waals surface area contributed by atoms with Crippen LogP contribution in [0.25, 0.3) is 0 Å². The summed E-state index contributed by atoms with van der Waals surface area (Å²) >= 11 is 0. The van der Waals surface area contributed by atoms with Gasteiger partial charge in [0.25, 0.3) is 0 Å². The van der Waals surface area contributed by atoms with Crippen LogP contribution in [0.5, 0.6) is 0 Å². The van der Waals surface area contributed by atoms with Crippen LogP contribution in [-0.4, -0.2) is 17.9 Å². The van der Waals surface area contributed by atoms with Crippen molar-refractivity contribution in [3.05, 3.63) is 0 Å². The van der Waals surface area contributed by atoms with E-state index in [9.17, 15) is 9.59 Å². The van der Waals surface area contributed by atoms with Gasteiger partial charge in [-0.15, -0.1) is 0 Å². The van der Waals surface area contributed by atoms with E-state index >= 15 is 0 Å². The van der Waals surface area contributed by atoms with Crippen molar-refractivity contribution >= 4 is 17.9 Å². The first-order valence-electron chi connectivity index (χ1n) is 2.99. The maximum Gasteiger partial charge on any atom is 0.192 e. The number of rotatable bonds is 2. The van der Waals surface area contributed by atoms with Crippen LogP contribution in [0.3, 0.4) is 0 Å². The maximum atomic E-state index is 9.81. The predicted octanol–water partition coefficient (Wildman–Crippen LogP) is 0.760. The third-order valence-electron chi connectivity index (χ3n) is 0.664. The monoisotopic (exact) mass is 144 g/mol. The zero-order chi connectivity index (χ0) is 8.57. The lowest BCUT2D eigenvalue weighted by molar-refractivity contribution is -0.128. The van der Waals surface area contributed by atoms with Crippen LogP contribution >= 0.6 is 0 Å². The SMILES string of the molecule is CC(=O)C=O.CCC(C)=O. The van der Waals surface area contributed by atoms with Gasteiger partial charge in [0.15, 0.2) is 12.1 Å². The van der Waals surface area contributed by atoms with E-state index in [1.54, 1.807) is 6.92 Å². The number of Topliss-reactive ketones (excluding diaryl/α,β-unsaturated/α-hetero) is 2. The van der Waals surface area contributed by atoms with E-state index in [2.05, 4.69) is 0 Å². The molecule has 0 aliphatic heterocycles. The summed E-state index contributed by atoms with van der Waals surface area (Å²) in [6, 6.07) is 0. The highest BCUT2D eigenvalue weighted by molar-refractivity contribution is 6.23. The zero-order valence-electron chi connectivity index (χ0n) is 6.51. The number of aldehydes is 1. The van der Waals surface area contributed by atoms with Crippen LogP contribution in [0.15, 0.2) is 0 Å². The third-order valence-corrected chi connectivity index (χ3v) is 0.664. The van der Waals surface area contributed by atoms with E-state index in [0.29, 0.717) is 6.42 Å². The van der Waals surface area contributed by atoms with Gasteiger partial charge in [-0.2, -0.15) is 0 Å². The van der Waals surface area contributed by atoms with Crippen molar-refractivity contribution in [2.45, 2.75) is 27.2 Å². The largest absolute Gasteiger partial charge is 0.300 e. The first kappa shape index (κ1) is 11.8. The number of hydrogen-bond donors (Lipinski definition) is 0. The first-order valence-corrected chi connectivity index (χ1v) is 2.99. The van der Waals surface area contributed by atoms with Crippen LogP contribution in [0.2, 0.25) is 0 Å². The second-order valence-electron chi connectivity index (χ2n) is 1.78. The Morgan fingerprint density at radius 2 is 1.50 bits per heavy atom. The van der Waals surface area contributed by atoms with Gasteiger partial charge in [0, 0.05) is 13.3 Å². The lowest BCUT2D eigenvalue weighted by Crippen LogP contribution is -1.85. The third kappa shape index (κ3) is 27.9. The molecule has 0 saturated carbocycles. The summed E-state index contributed by atoms with van der Waals surface area (Å²) in [5.41, 5.74) is 0. The van der Waals surface area contributed by atoms with Crippen molar-refractivity contribution < 1.29 is 14.4 Å². The smallest absolute Gasteiger partial charge is 0.192 e. The molecule has 0 radical (unpaired) electrons. The molecule has 0 spiro atoms. The highest BCUT2D eigenvalue weighted by Gasteiger charge is 1.77. The van der Waals surface area contributed by atoms with Crippen molar-refractivity contribution in [1.82, 2.24) is 0 Å². The van der Waals surface area contributed by atoms with Crippen LogP contribution in [0, 0.1) is 0 Å². The molecule has 10 heavy (non-hydrogen) atoms. The molecule has 0 unspecified atom stereocenters. The van der Waals surface area contributed by atoms with Gasteiger partial charge in [-0.1, -0.05) is 6.92 Å².